The highest BCUT2D eigenvalue weighted by molar-refractivity contribution is 7.17. The quantitative estimate of drug-likeness (QED) is 0.696. The first-order chi connectivity index (χ1) is 13.4. The van der Waals surface area contributed by atoms with Crippen molar-refractivity contribution in [3.63, 3.8) is 0 Å². The van der Waals surface area contributed by atoms with Gasteiger partial charge in [-0.05, 0) is 43.2 Å². The molecule has 0 spiro atoms. The Morgan fingerprint density at radius 2 is 1.89 bits per heavy atom. The summed E-state index contributed by atoms with van der Waals surface area (Å²) in [4.78, 5) is 37.6. The molecule has 3 N–H and O–H groups in total. The van der Waals surface area contributed by atoms with Crippen molar-refractivity contribution in [1.82, 2.24) is 0 Å². The Balaban J connectivity index is 1.59. The van der Waals surface area contributed by atoms with E-state index in [1.165, 1.54) is 18.3 Å². The van der Waals surface area contributed by atoms with Gasteiger partial charge in [0, 0.05) is 4.88 Å². The van der Waals surface area contributed by atoms with Crippen molar-refractivity contribution in [2.24, 2.45) is 5.73 Å². The molecule has 0 fully saturated rings. The Bertz CT molecular complexity index is 891. The van der Waals surface area contributed by atoms with E-state index < -0.39 is 23.9 Å². The molecule has 0 aliphatic heterocycles. The molecule has 0 saturated carbocycles. The Morgan fingerprint density at radius 3 is 2.57 bits per heavy atom. The van der Waals surface area contributed by atoms with Crippen LogP contribution in [-0.4, -0.2) is 23.9 Å². The van der Waals surface area contributed by atoms with Gasteiger partial charge in [0.05, 0.1) is 12.0 Å². The smallest absolute Gasteiger partial charge is 0.307 e. The average molecular weight is 401 g/mol. The summed E-state index contributed by atoms with van der Waals surface area (Å²) in [6.07, 6.45) is 1.89. The third-order valence-electron chi connectivity index (χ3n) is 4.92. The number of aryl methyl sites for hydroxylation is 1. The summed E-state index contributed by atoms with van der Waals surface area (Å²) in [7, 11) is 0. The summed E-state index contributed by atoms with van der Waals surface area (Å²) >= 11 is 1.38. The van der Waals surface area contributed by atoms with Crippen LogP contribution >= 0.6 is 11.3 Å². The van der Waals surface area contributed by atoms with Crippen LogP contribution in [0.15, 0.2) is 30.3 Å². The number of ether oxygens (including phenoxy) is 1. The van der Waals surface area contributed by atoms with Crippen LogP contribution in [0.2, 0.25) is 0 Å². The zero-order chi connectivity index (χ0) is 20.3. The predicted octanol–water partition coefficient (Wildman–Crippen LogP) is 3.40. The lowest BCUT2D eigenvalue weighted by Crippen LogP contribution is -2.30. The van der Waals surface area contributed by atoms with Gasteiger partial charge in [-0.3, -0.25) is 14.4 Å². The molecule has 2 amide bonds. The average Bonchev–Trinajstić information content (AvgIpc) is 3.22. The second-order valence-corrected chi connectivity index (χ2v) is 8.17. The fourth-order valence-electron chi connectivity index (χ4n) is 3.41. The number of hydrogen-bond acceptors (Lipinski definition) is 5. The maximum atomic E-state index is 12.5. The van der Waals surface area contributed by atoms with Gasteiger partial charge in [-0.1, -0.05) is 37.3 Å². The molecule has 0 saturated heterocycles. The van der Waals surface area contributed by atoms with E-state index in [-0.39, 0.29) is 12.3 Å². The van der Waals surface area contributed by atoms with E-state index in [9.17, 15) is 14.4 Å². The van der Waals surface area contributed by atoms with Gasteiger partial charge in [-0.25, -0.2) is 0 Å². The molecule has 1 aliphatic rings. The number of amides is 2. The largest absolute Gasteiger partial charge is 0.453 e. The zero-order valence-electron chi connectivity index (χ0n) is 16.0. The highest BCUT2D eigenvalue weighted by Gasteiger charge is 2.28. The van der Waals surface area contributed by atoms with Crippen molar-refractivity contribution in [3.8, 4) is 0 Å². The summed E-state index contributed by atoms with van der Waals surface area (Å²) in [5.41, 5.74) is 7.87. The van der Waals surface area contributed by atoms with Crippen molar-refractivity contribution in [2.75, 3.05) is 5.32 Å². The van der Waals surface area contributed by atoms with E-state index >= 15 is 0 Å². The standard InChI is InChI=1S/C21H24N2O4S/c1-12(14-7-4-3-5-8-14)11-17(24)27-13(2)20(26)23-21-18(19(22)25)15-9-6-10-16(15)28-21/h3-5,7-8,12-13H,6,9-11H2,1-2H3,(H2,22,25)(H,23,26)/t12-,13-/m0/s1. The first-order valence-electron chi connectivity index (χ1n) is 9.36. The Morgan fingerprint density at radius 1 is 1.18 bits per heavy atom. The number of benzene rings is 1. The summed E-state index contributed by atoms with van der Waals surface area (Å²) in [5.74, 6) is -1.47. The zero-order valence-corrected chi connectivity index (χ0v) is 16.8. The minimum Gasteiger partial charge on any atom is -0.453 e. The van der Waals surface area contributed by atoms with E-state index in [2.05, 4.69) is 5.32 Å². The molecule has 1 aliphatic carbocycles. The molecule has 0 bridgehead atoms. The summed E-state index contributed by atoms with van der Waals surface area (Å²) in [6, 6.07) is 9.66. The van der Waals surface area contributed by atoms with E-state index in [0.717, 1.165) is 35.3 Å². The van der Waals surface area contributed by atoms with Crippen LogP contribution in [0, 0.1) is 0 Å². The van der Waals surface area contributed by atoms with Gasteiger partial charge in [0.25, 0.3) is 11.8 Å². The van der Waals surface area contributed by atoms with E-state index in [1.54, 1.807) is 0 Å². The molecule has 2 aromatic rings. The van der Waals surface area contributed by atoms with Crippen LogP contribution in [0.3, 0.4) is 0 Å². The monoisotopic (exact) mass is 400 g/mol. The summed E-state index contributed by atoms with van der Waals surface area (Å²) in [5, 5.41) is 3.16. The number of anilines is 1. The molecule has 2 atom stereocenters. The molecule has 1 aromatic heterocycles. The molecule has 0 radical (unpaired) electrons. The fraction of sp³-hybridized carbons (Fsp3) is 0.381. The van der Waals surface area contributed by atoms with E-state index in [1.807, 2.05) is 37.3 Å². The molecule has 148 valence electrons. The SMILES string of the molecule is C[C@H](OC(=O)C[C@H](C)c1ccccc1)C(=O)Nc1sc2c(c1C(N)=O)CCC2. The van der Waals surface area contributed by atoms with E-state index in [4.69, 9.17) is 10.5 Å². The third kappa shape index (κ3) is 4.42. The number of thiophene rings is 1. The Kier molecular flexibility index (Phi) is 6.14. The van der Waals surface area contributed by atoms with Crippen LogP contribution in [0.4, 0.5) is 5.00 Å². The van der Waals surface area contributed by atoms with Crippen molar-refractivity contribution in [2.45, 2.75) is 51.6 Å². The molecule has 28 heavy (non-hydrogen) atoms. The number of fused-ring (bicyclic) bond motifs is 1. The molecule has 1 aromatic carbocycles. The third-order valence-corrected chi connectivity index (χ3v) is 6.13. The van der Waals surface area contributed by atoms with Crippen molar-refractivity contribution < 1.29 is 19.1 Å². The highest BCUT2D eigenvalue weighted by atomic mass is 32.1. The molecular formula is C21H24N2O4S. The second-order valence-electron chi connectivity index (χ2n) is 7.06. The maximum Gasteiger partial charge on any atom is 0.307 e. The lowest BCUT2D eigenvalue weighted by molar-refractivity contribution is -0.153. The number of nitrogens with one attached hydrogen (secondary N) is 1. The molecule has 6 nitrogen and oxygen atoms in total. The number of carbonyl (C=O) groups is 3. The normalized spacial score (nSPS) is 14.8. The number of primary amides is 1. The number of carbonyl (C=O) groups excluding carboxylic acids is 3. The van der Waals surface area contributed by atoms with Crippen molar-refractivity contribution in [1.29, 1.82) is 0 Å². The first kappa shape index (κ1) is 20.1. The van der Waals surface area contributed by atoms with Gasteiger partial charge in [0.15, 0.2) is 6.10 Å². The van der Waals surface area contributed by atoms with Crippen LogP contribution in [-0.2, 0) is 27.2 Å². The van der Waals surface area contributed by atoms with Gasteiger partial charge in [0.1, 0.15) is 5.00 Å². The molecule has 7 heteroatoms. The maximum absolute atomic E-state index is 12.5. The highest BCUT2D eigenvalue weighted by Crippen LogP contribution is 2.38. The van der Waals surface area contributed by atoms with Crippen molar-refractivity contribution >= 4 is 34.1 Å². The lowest BCUT2D eigenvalue weighted by atomic mass is 9.98. The van der Waals surface area contributed by atoms with Gasteiger partial charge < -0.3 is 15.8 Å². The van der Waals surface area contributed by atoms with E-state index in [0.29, 0.717) is 10.6 Å². The minimum atomic E-state index is -0.965. The number of hydrogen-bond donors (Lipinski definition) is 2. The van der Waals surface area contributed by atoms with Crippen LogP contribution < -0.4 is 11.1 Å². The lowest BCUT2D eigenvalue weighted by Gasteiger charge is -2.16. The first-order valence-corrected chi connectivity index (χ1v) is 10.2. The van der Waals surface area contributed by atoms with Gasteiger partial charge in [0.2, 0.25) is 0 Å². The minimum absolute atomic E-state index is 0.00861. The molecule has 3 rings (SSSR count). The van der Waals surface area contributed by atoms with Crippen LogP contribution in [0.5, 0.6) is 0 Å². The van der Waals surface area contributed by atoms with Gasteiger partial charge in [-0.15, -0.1) is 11.3 Å². The van der Waals surface area contributed by atoms with Gasteiger partial charge >= 0.3 is 5.97 Å². The fourth-order valence-corrected chi connectivity index (χ4v) is 4.71. The number of rotatable bonds is 7. The number of nitrogens with two attached hydrogens (primary N) is 1. The molecular weight excluding hydrogens is 376 g/mol. The Labute approximate surface area is 168 Å². The van der Waals surface area contributed by atoms with Crippen molar-refractivity contribution in [3.05, 3.63) is 51.9 Å². The van der Waals surface area contributed by atoms with Crippen LogP contribution in [0.1, 0.15) is 59.0 Å². The van der Waals surface area contributed by atoms with Crippen LogP contribution in [0.25, 0.3) is 0 Å². The second kappa shape index (κ2) is 8.56. The Hall–Kier alpha value is -2.67. The predicted molar refractivity (Wildman–Crippen MR) is 109 cm³/mol. The topological polar surface area (TPSA) is 98.5 Å². The molecule has 0 unspecified atom stereocenters. The molecule has 1 heterocycles. The summed E-state index contributed by atoms with van der Waals surface area (Å²) in [6.45, 7) is 3.46. The van der Waals surface area contributed by atoms with Gasteiger partial charge in [-0.2, -0.15) is 0 Å². The number of esters is 1. The summed E-state index contributed by atoms with van der Waals surface area (Å²) < 4.78 is 5.29.